The molecule has 0 radical (unpaired) electrons. The van der Waals surface area contributed by atoms with Crippen molar-refractivity contribution < 1.29 is 9.53 Å². The summed E-state index contributed by atoms with van der Waals surface area (Å²) in [5.74, 6) is -0.119. The average Bonchev–Trinajstić information content (AvgIpc) is 2.48. The average molecular weight is 388 g/mol. The molecule has 0 atom stereocenters. The molecule has 0 aliphatic carbocycles. The van der Waals surface area contributed by atoms with Crippen LogP contribution in [0.25, 0.3) is 0 Å². The molecule has 5 heteroatoms. The Morgan fingerprint density at radius 2 is 1.75 bits per heavy atom. The van der Waals surface area contributed by atoms with Gasteiger partial charge in [0.25, 0.3) is 0 Å². The summed E-state index contributed by atoms with van der Waals surface area (Å²) in [5, 5.41) is 0. The van der Waals surface area contributed by atoms with Gasteiger partial charge in [-0.1, -0.05) is 12.1 Å². The van der Waals surface area contributed by atoms with E-state index in [0.717, 1.165) is 39.3 Å². The summed E-state index contributed by atoms with van der Waals surface area (Å²) in [6.45, 7) is 6.01. The number of halogens is 1. The standard InChI is InChI=1S/C15H21IN2O2/c1-20-15(19)6-7-17-8-10-18(11-9-17)12-13-2-4-14(16)5-3-13/h2-5H,6-12H2,1H3. The molecule has 1 saturated heterocycles. The van der Waals surface area contributed by atoms with E-state index < -0.39 is 0 Å². The zero-order chi connectivity index (χ0) is 14.4. The zero-order valence-electron chi connectivity index (χ0n) is 11.8. The fourth-order valence-corrected chi connectivity index (χ4v) is 2.73. The van der Waals surface area contributed by atoms with E-state index in [1.807, 2.05) is 0 Å². The number of hydrogen-bond acceptors (Lipinski definition) is 4. The van der Waals surface area contributed by atoms with Crippen molar-refractivity contribution in [2.45, 2.75) is 13.0 Å². The highest BCUT2D eigenvalue weighted by Gasteiger charge is 2.17. The van der Waals surface area contributed by atoms with E-state index in [-0.39, 0.29) is 5.97 Å². The maximum atomic E-state index is 11.1. The molecule has 0 saturated carbocycles. The van der Waals surface area contributed by atoms with Gasteiger partial charge < -0.3 is 9.64 Å². The van der Waals surface area contributed by atoms with Gasteiger partial charge in [0.05, 0.1) is 13.5 Å². The van der Waals surface area contributed by atoms with Crippen molar-refractivity contribution in [2.75, 3.05) is 39.8 Å². The molecule has 0 N–H and O–H groups in total. The largest absolute Gasteiger partial charge is 0.469 e. The Bertz CT molecular complexity index is 428. The second-order valence-corrected chi connectivity index (χ2v) is 6.32. The van der Waals surface area contributed by atoms with Gasteiger partial charge in [-0.25, -0.2) is 0 Å². The molecular formula is C15H21IN2O2. The van der Waals surface area contributed by atoms with Gasteiger partial charge in [-0.05, 0) is 40.3 Å². The van der Waals surface area contributed by atoms with Gasteiger partial charge in [-0.15, -0.1) is 0 Å². The van der Waals surface area contributed by atoms with Crippen molar-refractivity contribution in [1.82, 2.24) is 9.80 Å². The smallest absolute Gasteiger partial charge is 0.306 e. The van der Waals surface area contributed by atoms with E-state index in [4.69, 9.17) is 0 Å². The normalized spacial score (nSPS) is 17.1. The first-order valence-corrected chi connectivity index (χ1v) is 8.01. The van der Waals surface area contributed by atoms with E-state index in [9.17, 15) is 4.79 Å². The van der Waals surface area contributed by atoms with Crippen LogP contribution in [0.3, 0.4) is 0 Å². The molecular weight excluding hydrogens is 367 g/mol. The van der Waals surface area contributed by atoms with Crippen LogP contribution < -0.4 is 0 Å². The molecule has 1 aliphatic rings. The Balaban J connectivity index is 1.71. The quantitative estimate of drug-likeness (QED) is 0.571. The zero-order valence-corrected chi connectivity index (χ0v) is 14.0. The number of benzene rings is 1. The molecule has 0 amide bonds. The molecule has 0 spiro atoms. The molecule has 110 valence electrons. The predicted molar refractivity (Wildman–Crippen MR) is 87.5 cm³/mol. The number of piperazine rings is 1. The molecule has 0 aromatic heterocycles. The first-order valence-electron chi connectivity index (χ1n) is 6.93. The lowest BCUT2D eigenvalue weighted by Gasteiger charge is -2.34. The van der Waals surface area contributed by atoms with Crippen molar-refractivity contribution in [2.24, 2.45) is 0 Å². The monoisotopic (exact) mass is 388 g/mol. The molecule has 1 aromatic rings. The predicted octanol–water partition coefficient (Wildman–Crippen LogP) is 1.97. The Morgan fingerprint density at radius 1 is 1.15 bits per heavy atom. The van der Waals surface area contributed by atoms with Crippen LogP contribution >= 0.6 is 22.6 Å². The number of methoxy groups -OCH3 is 1. The second-order valence-electron chi connectivity index (χ2n) is 5.07. The molecule has 1 aromatic carbocycles. The minimum atomic E-state index is -0.119. The number of carbonyl (C=O) groups is 1. The summed E-state index contributed by atoms with van der Waals surface area (Å²) < 4.78 is 5.95. The summed E-state index contributed by atoms with van der Waals surface area (Å²) in [5.41, 5.74) is 1.37. The molecule has 4 nitrogen and oxygen atoms in total. The highest BCUT2D eigenvalue weighted by atomic mass is 127. The first-order chi connectivity index (χ1) is 9.67. The summed E-state index contributed by atoms with van der Waals surface area (Å²) in [7, 11) is 1.45. The van der Waals surface area contributed by atoms with Crippen molar-refractivity contribution in [3.8, 4) is 0 Å². The third-order valence-electron chi connectivity index (χ3n) is 3.64. The van der Waals surface area contributed by atoms with Gasteiger partial charge in [0.1, 0.15) is 0 Å². The minimum absolute atomic E-state index is 0.119. The molecule has 2 rings (SSSR count). The van der Waals surface area contributed by atoms with E-state index >= 15 is 0 Å². The van der Waals surface area contributed by atoms with Gasteiger partial charge in [0.2, 0.25) is 0 Å². The molecule has 0 bridgehead atoms. The van der Waals surface area contributed by atoms with Gasteiger partial charge in [0.15, 0.2) is 0 Å². The van der Waals surface area contributed by atoms with Crippen molar-refractivity contribution in [1.29, 1.82) is 0 Å². The Labute approximate surface area is 134 Å². The van der Waals surface area contributed by atoms with Crippen LogP contribution in [-0.2, 0) is 16.1 Å². The Kier molecular flexibility index (Phi) is 6.25. The van der Waals surface area contributed by atoms with E-state index in [2.05, 4.69) is 61.4 Å². The van der Waals surface area contributed by atoms with Gasteiger partial charge in [0, 0.05) is 42.8 Å². The van der Waals surface area contributed by atoms with Crippen LogP contribution in [0.5, 0.6) is 0 Å². The maximum Gasteiger partial charge on any atom is 0.306 e. The number of hydrogen-bond donors (Lipinski definition) is 0. The van der Waals surface area contributed by atoms with Crippen LogP contribution in [-0.4, -0.2) is 55.6 Å². The topological polar surface area (TPSA) is 32.8 Å². The third-order valence-corrected chi connectivity index (χ3v) is 4.36. The lowest BCUT2D eigenvalue weighted by molar-refractivity contribution is -0.141. The van der Waals surface area contributed by atoms with Crippen LogP contribution in [0.4, 0.5) is 0 Å². The van der Waals surface area contributed by atoms with Crippen molar-refractivity contribution >= 4 is 28.6 Å². The van der Waals surface area contributed by atoms with E-state index in [0.29, 0.717) is 6.42 Å². The highest BCUT2D eigenvalue weighted by molar-refractivity contribution is 14.1. The SMILES string of the molecule is COC(=O)CCN1CCN(Cc2ccc(I)cc2)CC1. The molecule has 1 fully saturated rings. The summed E-state index contributed by atoms with van der Waals surface area (Å²) in [6, 6.07) is 8.71. The number of nitrogens with zero attached hydrogens (tertiary/aromatic N) is 2. The fraction of sp³-hybridized carbons (Fsp3) is 0.533. The lowest BCUT2D eigenvalue weighted by Crippen LogP contribution is -2.46. The van der Waals surface area contributed by atoms with Crippen molar-refractivity contribution in [3.05, 3.63) is 33.4 Å². The summed E-state index contributed by atoms with van der Waals surface area (Å²) in [6.07, 6.45) is 0.494. The van der Waals surface area contributed by atoms with Gasteiger partial charge >= 0.3 is 5.97 Å². The molecule has 1 aliphatic heterocycles. The summed E-state index contributed by atoms with van der Waals surface area (Å²) >= 11 is 2.33. The highest BCUT2D eigenvalue weighted by Crippen LogP contribution is 2.11. The molecule has 0 unspecified atom stereocenters. The van der Waals surface area contributed by atoms with Gasteiger partial charge in [-0.3, -0.25) is 9.69 Å². The minimum Gasteiger partial charge on any atom is -0.469 e. The third kappa shape index (κ3) is 5.03. The second kappa shape index (κ2) is 7.95. The molecule has 20 heavy (non-hydrogen) atoms. The number of carbonyl (C=O) groups excluding carboxylic acids is 1. The van der Waals surface area contributed by atoms with Crippen LogP contribution in [0, 0.1) is 3.57 Å². The molecule has 1 heterocycles. The van der Waals surface area contributed by atoms with Crippen LogP contribution in [0.1, 0.15) is 12.0 Å². The van der Waals surface area contributed by atoms with Crippen LogP contribution in [0.15, 0.2) is 24.3 Å². The Hall–Kier alpha value is -0.660. The number of ether oxygens (including phenoxy) is 1. The fourth-order valence-electron chi connectivity index (χ4n) is 2.37. The van der Waals surface area contributed by atoms with E-state index in [1.54, 1.807) is 0 Å². The van der Waals surface area contributed by atoms with Crippen LogP contribution in [0.2, 0.25) is 0 Å². The first kappa shape index (κ1) is 15.7. The van der Waals surface area contributed by atoms with Crippen molar-refractivity contribution in [3.63, 3.8) is 0 Å². The number of esters is 1. The lowest BCUT2D eigenvalue weighted by atomic mass is 10.2. The van der Waals surface area contributed by atoms with E-state index in [1.165, 1.54) is 16.2 Å². The van der Waals surface area contributed by atoms with Gasteiger partial charge in [-0.2, -0.15) is 0 Å². The Morgan fingerprint density at radius 3 is 2.35 bits per heavy atom. The maximum absolute atomic E-state index is 11.1. The summed E-state index contributed by atoms with van der Waals surface area (Å²) in [4.78, 5) is 15.9. The number of rotatable bonds is 5.